The Kier molecular flexibility index (Phi) is 8.29. The molecule has 114 valence electrons. The van der Waals surface area contributed by atoms with E-state index in [1.54, 1.807) is 12.4 Å². The number of hydrogen-bond acceptors (Lipinski definition) is 3. The van der Waals surface area contributed by atoms with E-state index in [0.29, 0.717) is 6.54 Å². The number of imidazole rings is 1. The van der Waals surface area contributed by atoms with E-state index in [4.69, 9.17) is 5.73 Å². The minimum atomic E-state index is 0. The van der Waals surface area contributed by atoms with Crippen LogP contribution in [0.1, 0.15) is 5.82 Å². The van der Waals surface area contributed by atoms with E-state index in [-0.39, 0.29) is 37.2 Å². The summed E-state index contributed by atoms with van der Waals surface area (Å²) in [5.74, 6) is 0.939. The number of halogens is 3. The molecular formula is C14H17Cl3N4. The third-order valence-corrected chi connectivity index (χ3v) is 2.93. The van der Waals surface area contributed by atoms with Crippen LogP contribution >= 0.6 is 37.2 Å². The SMILES string of the molecule is Cl.Cl.Cl.NCCc1nc2c(-c3ccncc3)cccc2[nH]1. The molecule has 0 aliphatic heterocycles. The molecule has 3 rings (SSSR count). The smallest absolute Gasteiger partial charge is 0.108 e. The van der Waals surface area contributed by atoms with Gasteiger partial charge in [0, 0.05) is 24.4 Å². The van der Waals surface area contributed by atoms with Crippen LogP contribution in [0.2, 0.25) is 0 Å². The van der Waals surface area contributed by atoms with E-state index >= 15 is 0 Å². The van der Waals surface area contributed by atoms with E-state index < -0.39 is 0 Å². The minimum absolute atomic E-state index is 0. The van der Waals surface area contributed by atoms with Crippen LogP contribution < -0.4 is 5.73 Å². The molecule has 0 aliphatic rings. The first kappa shape index (κ1) is 19.7. The van der Waals surface area contributed by atoms with Crippen molar-refractivity contribution < 1.29 is 0 Å². The van der Waals surface area contributed by atoms with Crippen LogP contribution in [0.25, 0.3) is 22.2 Å². The van der Waals surface area contributed by atoms with Gasteiger partial charge in [-0.15, -0.1) is 37.2 Å². The molecule has 0 spiro atoms. The van der Waals surface area contributed by atoms with Gasteiger partial charge in [0.1, 0.15) is 5.82 Å². The van der Waals surface area contributed by atoms with Gasteiger partial charge in [0.2, 0.25) is 0 Å². The zero-order valence-corrected chi connectivity index (χ0v) is 13.6. The van der Waals surface area contributed by atoms with E-state index in [9.17, 15) is 0 Å². The molecule has 3 aromatic rings. The fraction of sp³-hybridized carbons (Fsp3) is 0.143. The lowest BCUT2D eigenvalue weighted by Crippen LogP contribution is -2.03. The number of rotatable bonds is 3. The van der Waals surface area contributed by atoms with Gasteiger partial charge in [-0.3, -0.25) is 4.98 Å². The summed E-state index contributed by atoms with van der Waals surface area (Å²) < 4.78 is 0. The van der Waals surface area contributed by atoms with Crippen molar-refractivity contribution in [3.8, 4) is 11.1 Å². The van der Waals surface area contributed by atoms with E-state index in [0.717, 1.165) is 34.4 Å². The predicted molar refractivity (Wildman–Crippen MR) is 93.8 cm³/mol. The van der Waals surface area contributed by atoms with Gasteiger partial charge in [-0.05, 0) is 30.3 Å². The Labute approximate surface area is 141 Å². The molecule has 0 unspecified atom stereocenters. The second-order valence-corrected chi connectivity index (χ2v) is 4.16. The van der Waals surface area contributed by atoms with Crippen molar-refractivity contribution in [3.05, 3.63) is 48.5 Å². The number of hydrogen-bond donors (Lipinski definition) is 2. The van der Waals surface area contributed by atoms with Crippen molar-refractivity contribution >= 4 is 48.3 Å². The maximum absolute atomic E-state index is 5.56. The second kappa shape index (κ2) is 8.85. The summed E-state index contributed by atoms with van der Waals surface area (Å²) in [5.41, 5.74) is 9.85. The zero-order valence-electron chi connectivity index (χ0n) is 11.2. The van der Waals surface area contributed by atoms with Crippen molar-refractivity contribution in [1.82, 2.24) is 15.0 Å². The van der Waals surface area contributed by atoms with Crippen LogP contribution in [-0.2, 0) is 6.42 Å². The average Bonchev–Trinajstić information content (AvgIpc) is 2.82. The van der Waals surface area contributed by atoms with Crippen molar-refractivity contribution in [3.63, 3.8) is 0 Å². The van der Waals surface area contributed by atoms with Gasteiger partial charge in [-0.2, -0.15) is 0 Å². The zero-order chi connectivity index (χ0) is 12.4. The normalized spacial score (nSPS) is 9.38. The first-order valence-corrected chi connectivity index (χ1v) is 5.96. The summed E-state index contributed by atoms with van der Waals surface area (Å²) in [6.07, 6.45) is 4.35. The van der Waals surface area contributed by atoms with Crippen molar-refractivity contribution in [2.75, 3.05) is 6.54 Å². The van der Waals surface area contributed by atoms with E-state index in [1.807, 2.05) is 24.3 Å². The third kappa shape index (κ3) is 4.08. The van der Waals surface area contributed by atoms with Gasteiger partial charge in [0.05, 0.1) is 11.0 Å². The Bertz CT molecular complexity index is 670. The number of nitrogens with two attached hydrogens (primary N) is 1. The third-order valence-electron chi connectivity index (χ3n) is 2.93. The Morgan fingerprint density at radius 1 is 1.00 bits per heavy atom. The van der Waals surface area contributed by atoms with Gasteiger partial charge in [0.15, 0.2) is 0 Å². The lowest BCUT2D eigenvalue weighted by molar-refractivity contribution is 0.900. The molecule has 21 heavy (non-hydrogen) atoms. The first-order chi connectivity index (χ1) is 8.88. The Balaban J connectivity index is 0.00000133. The number of aromatic amines is 1. The van der Waals surface area contributed by atoms with Crippen LogP contribution in [0.4, 0.5) is 0 Å². The quantitative estimate of drug-likeness (QED) is 0.763. The van der Waals surface area contributed by atoms with Gasteiger partial charge in [-0.1, -0.05) is 12.1 Å². The van der Waals surface area contributed by atoms with Crippen LogP contribution in [0.3, 0.4) is 0 Å². The average molecular weight is 348 g/mol. The van der Waals surface area contributed by atoms with Crippen LogP contribution in [0.15, 0.2) is 42.7 Å². The standard InChI is InChI=1S/C14H14N4.3ClH/c15-7-4-13-17-12-3-1-2-11(14(12)18-13)10-5-8-16-9-6-10;;;/h1-3,5-6,8-9H,4,7,15H2,(H,17,18);3*1H. The second-order valence-electron chi connectivity index (χ2n) is 4.16. The van der Waals surface area contributed by atoms with Gasteiger partial charge in [-0.25, -0.2) is 4.98 Å². The maximum atomic E-state index is 5.56. The molecule has 0 fully saturated rings. The molecule has 0 amide bonds. The lowest BCUT2D eigenvalue weighted by atomic mass is 10.1. The monoisotopic (exact) mass is 346 g/mol. The number of H-pyrrole nitrogens is 1. The molecule has 4 nitrogen and oxygen atoms in total. The summed E-state index contributed by atoms with van der Waals surface area (Å²) in [6.45, 7) is 0.602. The molecule has 0 aliphatic carbocycles. The fourth-order valence-electron chi connectivity index (χ4n) is 2.10. The van der Waals surface area contributed by atoms with E-state index in [2.05, 4.69) is 21.0 Å². The topological polar surface area (TPSA) is 67.6 Å². The Morgan fingerprint density at radius 2 is 1.71 bits per heavy atom. The molecular weight excluding hydrogens is 331 g/mol. The van der Waals surface area contributed by atoms with Crippen LogP contribution in [0, 0.1) is 0 Å². The summed E-state index contributed by atoms with van der Waals surface area (Å²) in [6, 6.07) is 10.1. The molecule has 0 radical (unpaired) electrons. The summed E-state index contributed by atoms with van der Waals surface area (Å²) in [7, 11) is 0. The molecule has 0 saturated heterocycles. The number of pyridine rings is 1. The van der Waals surface area contributed by atoms with Crippen LogP contribution in [-0.4, -0.2) is 21.5 Å². The first-order valence-electron chi connectivity index (χ1n) is 5.96. The molecule has 2 aromatic heterocycles. The minimum Gasteiger partial charge on any atom is -0.342 e. The number of fused-ring (bicyclic) bond motifs is 1. The molecule has 2 heterocycles. The van der Waals surface area contributed by atoms with Gasteiger partial charge in [0.25, 0.3) is 0 Å². The summed E-state index contributed by atoms with van der Waals surface area (Å²) >= 11 is 0. The molecule has 7 heteroatoms. The highest BCUT2D eigenvalue weighted by Gasteiger charge is 2.08. The lowest BCUT2D eigenvalue weighted by Gasteiger charge is -2.01. The van der Waals surface area contributed by atoms with Crippen molar-refractivity contribution in [2.24, 2.45) is 5.73 Å². The highest BCUT2D eigenvalue weighted by atomic mass is 35.5. The fourth-order valence-corrected chi connectivity index (χ4v) is 2.10. The van der Waals surface area contributed by atoms with Crippen molar-refractivity contribution in [1.29, 1.82) is 0 Å². The molecule has 3 N–H and O–H groups in total. The largest absolute Gasteiger partial charge is 0.342 e. The molecule has 1 aromatic carbocycles. The number of nitrogens with zero attached hydrogens (tertiary/aromatic N) is 2. The molecule has 0 saturated carbocycles. The molecule has 0 bridgehead atoms. The Hall–Kier alpha value is -1.33. The number of nitrogens with one attached hydrogen (secondary N) is 1. The van der Waals surface area contributed by atoms with E-state index in [1.165, 1.54) is 0 Å². The van der Waals surface area contributed by atoms with Gasteiger partial charge < -0.3 is 10.7 Å². The molecule has 0 atom stereocenters. The summed E-state index contributed by atoms with van der Waals surface area (Å²) in [5, 5.41) is 0. The number of aromatic nitrogens is 3. The Morgan fingerprint density at radius 3 is 2.38 bits per heavy atom. The summed E-state index contributed by atoms with van der Waals surface area (Å²) in [4.78, 5) is 12.0. The van der Waals surface area contributed by atoms with Crippen molar-refractivity contribution in [2.45, 2.75) is 6.42 Å². The highest BCUT2D eigenvalue weighted by molar-refractivity contribution is 5.91. The maximum Gasteiger partial charge on any atom is 0.108 e. The van der Waals surface area contributed by atoms with Crippen LogP contribution in [0.5, 0.6) is 0 Å². The highest BCUT2D eigenvalue weighted by Crippen LogP contribution is 2.26. The number of para-hydroxylation sites is 1. The van der Waals surface area contributed by atoms with Gasteiger partial charge >= 0.3 is 0 Å². The predicted octanol–water partition coefficient (Wildman–Crippen LogP) is 3.39. The number of benzene rings is 1.